The average Bonchev–Trinajstić information content (AvgIpc) is 2.68. The second kappa shape index (κ2) is 4.24. The van der Waals surface area contributed by atoms with Crippen molar-refractivity contribution in [3.05, 3.63) is 0 Å². The first-order valence-electron chi connectivity index (χ1n) is 7.01. The fraction of sp³-hybridized carbons (Fsp3) is 0.846. The number of carbonyl (C=O) groups is 2. The highest BCUT2D eigenvalue weighted by molar-refractivity contribution is 6.15. The van der Waals surface area contributed by atoms with E-state index in [-0.39, 0.29) is 5.92 Å². The molecule has 1 saturated carbocycles. The molecule has 0 radical (unpaired) electrons. The summed E-state index contributed by atoms with van der Waals surface area (Å²) < 4.78 is 0. The molecule has 0 aromatic heterocycles. The third-order valence-electron chi connectivity index (χ3n) is 5.10. The lowest BCUT2D eigenvalue weighted by Crippen LogP contribution is -2.83. The summed E-state index contributed by atoms with van der Waals surface area (Å²) in [4.78, 5) is 24.4. The molecule has 6 atom stereocenters. The molecule has 0 aromatic carbocycles. The van der Waals surface area contributed by atoms with Gasteiger partial charge >= 0.3 is 5.97 Å². The summed E-state index contributed by atoms with van der Waals surface area (Å²) in [5.74, 6) is -2.85. The number of carbonyl (C=O) groups excluding carboxylic acids is 1. The van der Waals surface area contributed by atoms with Gasteiger partial charge in [0.2, 0.25) is 0 Å². The van der Waals surface area contributed by atoms with Crippen LogP contribution in [0.4, 0.5) is 0 Å². The second-order valence-corrected chi connectivity index (χ2v) is 6.23. The number of hydrogen-bond acceptors (Lipinski definition) is 6. The largest absolute Gasteiger partial charge is 0.479 e. The van der Waals surface area contributed by atoms with Gasteiger partial charge in [-0.3, -0.25) is 4.79 Å². The Bertz CT molecular complexity index is 468. The summed E-state index contributed by atoms with van der Waals surface area (Å²) in [6.45, 7) is 4.59. The second-order valence-electron chi connectivity index (χ2n) is 6.23. The Balaban J connectivity index is 2.09. The van der Waals surface area contributed by atoms with E-state index in [4.69, 9.17) is 0 Å². The van der Waals surface area contributed by atoms with Crippen LogP contribution in [0, 0.1) is 17.8 Å². The first-order valence-corrected chi connectivity index (χ1v) is 7.01. The van der Waals surface area contributed by atoms with Crippen LogP contribution in [0.3, 0.4) is 0 Å². The van der Waals surface area contributed by atoms with Crippen molar-refractivity contribution < 1.29 is 24.9 Å². The van der Waals surface area contributed by atoms with Crippen molar-refractivity contribution in [1.29, 1.82) is 0 Å². The smallest absolute Gasteiger partial charge is 0.333 e. The molecule has 2 heterocycles. The van der Waals surface area contributed by atoms with Crippen LogP contribution < -0.4 is 0 Å². The number of aliphatic carboxylic acids is 1. The molecule has 7 nitrogen and oxygen atoms in total. The maximum absolute atomic E-state index is 12.5. The number of rotatable bonds is 2. The summed E-state index contributed by atoms with van der Waals surface area (Å²) in [6, 6.07) is 0. The van der Waals surface area contributed by atoms with Gasteiger partial charge in [0, 0.05) is 25.4 Å². The van der Waals surface area contributed by atoms with E-state index in [1.807, 2.05) is 6.92 Å². The van der Waals surface area contributed by atoms with Crippen LogP contribution in [0.5, 0.6) is 0 Å². The van der Waals surface area contributed by atoms with Gasteiger partial charge in [0.15, 0.2) is 11.3 Å². The zero-order chi connectivity index (χ0) is 14.8. The molecule has 3 fully saturated rings. The normalized spacial score (nSPS) is 46.5. The zero-order valence-corrected chi connectivity index (χ0v) is 11.6. The summed E-state index contributed by atoms with van der Waals surface area (Å²) in [7, 11) is 0. The number of carboxylic acids is 1. The van der Waals surface area contributed by atoms with E-state index in [1.165, 1.54) is 11.9 Å². The number of carboxylic acid groups (broad SMARTS) is 1. The van der Waals surface area contributed by atoms with E-state index < -0.39 is 41.5 Å². The maximum atomic E-state index is 12.5. The predicted molar refractivity (Wildman–Crippen MR) is 67.2 cm³/mol. The van der Waals surface area contributed by atoms with Gasteiger partial charge in [-0.1, -0.05) is 6.92 Å². The molecule has 2 saturated heterocycles. The molecule has 20 heavy (non-hydrogen) atoms. The van der Waals surface area contributed by atoms with Crippen molar-refractivity contribution in [2.75, 3.05) is 13.1 Å². The topological polar surface area (TPSA) is 101 Å². The Morgan fingerprint density at radius 2 is 2.15 bits per heavy atom. The number of aliphatic hydroxyl groups excluding tert-OH is 2. The highest BCUT2D eigenvalue weighted by Crippen LogP contribution is 2.55. The average molecular weight is 284 g/mol. The minimum absolute atomic E-state index is 0.0232. The van der Waals surface area contributed by atoms with Crippen molar-refractivity contribution >= 4 is 11.8 Å². The van der Waals surface area contributed by atoms with Gasteiger partial charge < -0.3 is 15.3 Å². The highest BCUT2D eigenvalue weighted by Gasteiger charge is 2.76. The van der Waals surface area contributed by atoms with Crippen LogP contribution in [0.25, 0.3) is 0 Å². The van der Waals surface area contributed by atoms with Crippen LogP contribution in [0.2, 0.25) is 0 Å². The third kappa shape index (κ3) is 1.38. The number of hydrazine groups is 1. The molecule has 3 N–H and O–H groups in total. The van der Waals surface area contributed by atoms with Crippen LogP contribution in [-0.2, 0) is 9.59 Å². The fourth-order valence-electron chi connectivity index (χ4n) is 4.41. The molecule has 0 bridgehead atoms. The predicted octanol–water partition coefficient (Wildman–Crippen LogP) is -1.10. The summed E-state index contributed by atoms with van der Waals surface area (Å²) in [5, 5.41) is 32.7. The van der Waals surface area contributed by atoms with Crippen LogP contribution in [0.15, 0.2) is 0 Å². The van der Waals surface area contributed by atoms with Crippen molar-refractivity contribution in [2.45, 2.75) is 38.1 Å². The van der Waals surface area contributed by atoms with Gasteiger partial charge in [-0.25, -0.2) is 9.80 Å². The Hall–Kier alpha value is -1.02. The van der Waals surface area contributed by atoms with Gasteiger partial charge in [-0.2, -0.15) is 5.01 Å². The number of ketones is 1. The van der Waals surface area contributed by atoms with E-state index in [0.717, 1.165) is 0 Å². The van der Waals surface area contributed by atoms with Crippen molar-refractivity contribution in [3.63, 3.8) is 0 Å². The lowest BCUT2D eigenvalue weighted by Gasteiger charge is -2.63. The Morgan fingerprint density at radius 3 is 2.70 bits per heavy atom. The molecule has 7 heteroatoms. The van der Waals surface area contributed by atoms with Crippen LogP contribution >= 0.6 is 0 Å². The summed E-state index contributed by atoms with van der Waals surface area (Å²) in [6.07, 6.45) is -1.38. The number of fused-ring (bicyclic) bond motifs is 3. The van der Waals surface area contributed by atoms with E-state index in [9.17, 15) is 24.9 Å². The van der Waals surface area contributed by atoms with Crippen LogP contribution in [-0.4, -0.2) is 68.1 Å². The Morgan fingerprint density at radius 1 is 1.50 bits per heavy atom. The molecule has 1 unspecified atom stereocenters. The molecule has 112 valence electrons. The molecule has 2 aliphatic heterocycles. The summed E-state index contributed by atoms with van der Waals surface area (Å²) >= 11 is 0. The van der Waals surface area contributed by atoms with Crippen molar-refractivity contribution in [1.82, 2.24) is 10.0 Å². The number of aliphatic hydroxyl groups is 2. The minimum atomic E-state index is -1.70. The number of Topliss-reactive ketones (excluding diaryl/α,β-unsaturated/α-hetero) is 1. The van der Waals surface area contributed by atoms with Gasteiger partial charge in [-0.15, -0.1) is 0 Å². The molecular weight excluding hydrogens is 264 g/mol. The molecule has 0 amide bonds. The first kappa shape index (κ1) is 13.9. The SMILES string of the molecule is C[C@@H]1CN2CC[C@H](O)N2[C@@]2(C(=O)O)C(=O)[C@@H]([C@@H](C)O)C12. The van der Waals surface area contributed by atoms with Crippen LogP contribution in [0.1, 0.15) is 20.3 Å². The van der Waals surface area contributed by atoms with Gasteiger partial charge in [-0.05, 0) is 12.8 Å². The molecule has 3 aliphatic rings. The molecule has 0 aromatic rings. The molecule has 3 rings (SSSR count). The van der Waals surface area contributed by atoms with E-state index in [1.54, 1.807) is 5.01 Å². The van der Waals surface area contributed by atoms with E-state index in [0.29, 0.717) is 19.5 Å². The minimum Gasteiger partial charge on any atom is -0.479 e. The lowest BCUT2D eigenvalue weighted by molar-refractivity contribution is -0.257. The van der Waals surface area contributed by atoms with Crippen molar-refractivity contribution in [3.8, 4) is 0 Å². The van der Waals surface area contributed by atoms with Gasteiger partial charge in [0.05, 0.1) is 12.0 Å². The van der Waals surface area contributed by atoms with E-state index >= 15 is 0 Å². The molecular formula is C13H20N2O5. The van der Waals surface area contributed by atoms with Gasteiger partial charge in [0.1, 0.15) is 6.23 Å². The standard InChI is InChI=1S/C13H20N2O5/c1-6-5-14-4-3-8(17)15(14)13(12(19)20)10(6)9(7(2)16)11(13)18/h6-10,16-17H,3-5H2,1-2H3,(H,19,20)/t6-,7-,8+,9+,10?,13-/m1/s1. The zero-order valence-electron chi connectivity index (χ0n) is 11.6. The molecule has 0 spiro atoms. The lowest BCUT2D eigenvalue weighted by atomic mass is 9.51. The first-order chi connectivity index (χ1) is 9.33. The Kier molecular flexibility index (Phi) is 2.95. The van der Waals surface area contributed by atoms with Gasteiger partial charge in [0.25, 0.3) is 0 Å². The molecule has 1 aliphatic carbocycles. The fourth-order valence-corrected chi connectivity index (χ4v) is 4.41. The third-order valence-corrected chi connectivity index (χ3v) is 5.10. The Labute approximate surface area is 116 Å². The van der Waals surface area contributed by atoms with Crippen molar-refractivity contribution in [2.24, 2.45) is 17.8 Å². The monoisotopic (exact) mass is 284 g/mol. The number of nitrogens with zero attached hydrogens (tertiary/aromatic N) is 2. The summed E-state index contributed by atoms with van der Waals surface area (Å²) in [5.41, 5.74) is -1.70. The maximum Gasteiger partial charge on any atom is 0.333 e. The number of hydrogen-bond donors (Lipinski definition) is 3. The highest BCUT2D eigenvalue weighted by atomic mass is 16.4. The quantitative estimate of drug-likeness (QED) is 0.553. The van der Waals surface area contributed by atoms with E-state index in [2.05, 4.69) is 0 Å².